The molecule has 2 aromatic rings. The molecule has 0 saturated heterocycles. The molecular weight excluding hydrogens is 285 g/mol. The van der Waals surface area contributed by atoms with Crippen molar-refractivity contribution in [3.63, 3.8) is 0 Å². The van der Waals surface area contributed by atoms with Gasteiger partial charge in [-0.05, 0) is 48.6 Å². The molecule has 21 heavy (non-hydrogen) atoms. The summed E-state index contributed by atoms with van der Waals surface area (Å²) in [7, 11) is 1.73. The van der Waals surface area contributed by atoms with E-state index in [-0.39, 0.29) is 11.7 Å². The lowest BCUT2D eigenvalue weighted by molar-refractivity contribution is 0.0784. The number of halogens is 1. The van der Waals surface area contributed by atoms with Crippen molar-refractivity contribution in [3.8, 4) is 0 Å². The van der Waals surface area contributed by atoms with Gasteiger partial charge in [0.2, 0.25) is 0 Å². The van der Waals surface area contributed by atoms with E-state index < -0.39 is 0 Å². The van der Waals surface area contributed by atoms with Crippen molar-refractivity contribution < 1.29 is 9.18 Å². The smallest absolute Gasteiger partial charge is 0.254 e. The molecule has 0 radical (unpaired) electrons. The van der Waals surface area contributed by atoms with Crippen LogP contribution in [0.4, 0.5) is 4.39 Å². The number of carbonyl (C=O) groups is 1. The molecule has 2 aromatic carbocycles. The van der Waals surface area contributed by atoms with Crippen LogP contribution in [0.2, 0.25) is 0 Å². The molecule has 0 saturated carbocycles. The van der Waals surface area contributed by atoms with Gasteiger partial charge in [-0.1, -0.05) is 18.2 Å². The Labute approximate surface area is 129 Å². The van der Waals surface area contributed by atoms with Crippen LogP contribution in [0.3, 0.4) is 0 Å². The molecule has 4 heteroatoms. The van der Waals surface area contributed by atoms with Crippen molar-refractivity contribution in [1.82, 2.24) is 4.90 Å². The van der Waals surface area contributed by atoms with Crippen LogP contribution in [-0.4, -0.2) is 24.1 Å². The molecule has 2 nitrogen and oxygen atoms in total. The SMILES string of the molecule is CSc1ccc(CN(C)C(=O)c2cc(F)ccc2C)cc1. The lowest BCUT2D eigenvalue weighted by Gasteiger charge is -2.18. The molecule has 0 aromatic heterocycles. The molecule has 110 valence electrons. The summed E-state index contributed by atoms with van der Waals surface area (Å²) in [4.78, 5) is 15.2. The summed E-state index contributed by atoms with van der Waals surface area (Å²) in [6.45, 7) is 2.32. The molecule has 0 unspecified atom stereocenters. The normalized spacial score (nSPS) is 10.5. The summed E-state index contributed by atoms with van der Waals surface area (Å²) in [6.07, 6.45) is 2.03. The Kier molecular flexibility index (Phi) is 5.02. The van der Waals surface area contributed by atoms with Crippen molar-refractivity contribution in [2.45, 2.75) is 18.4 Å². The Morgan fingerprint density at radius 2 is 1.86 bits per heavy atom. The number of rotatable bonds is 4. The second-order valence-corrected chi connectivity index (χ2v) is 5.85. The Balaban J connectivity index is 2.13. The Bertz CT molecular complexity index is 640. The Hall–Kier alpha value is -1.81. The predicted octanol–water partition coefficient (Wildman–Crippen LogP) is 4.13. The minimum Gasteiger partial charge on any atom is -0.337 e. The summed E-state index contributed by atoms with van der Waals surface area (Å²) < 4.78 is 13.3. The highest BCUT2D eigenvalue weighted by Gasteiger charge is 2.15. The van der Waals surface area contributed by atoms with Crippen molar-refractivity contribution in [3.05, 3.63) is 65.0 Å². The van der Waals surface area contributed by atoms with Crippen LogP contribution < -0.4 is 0 Å². The van der Waals surface area contributed by atoms with Gasteiger partial charge in [0.15, 0.2) is 0 Å². The van der Waals surface area contributed by atoms with Crippen molar-refractivity contribution in [2.75, 3.05) is 13.3 Å². The fourth-order valence-corrected chi connectivity index (χ4v) is 2.52. The first-order valence-electron chi connectivity index (χ1n) is 6.66. The minimum atomic E-state index is -0.387. The van der Waals surface area contributed by atoms with Gasteiger partial charge in [-0.3, -0.25) is 4.79 Å². The number of aryl methyl sites for hydroxylation is 1. The maximum absolute atomic E-state index is 13.3. The third-order valence-electron chi connectivity index (χ3n) is 3.36. The monoisotopic (exact) mass is 303 g/mol. The standard InChI is InChI=1S/C17H18FNOS/c1-12-4-7-14(18)10-16(12)17(20)19(2)11-13-5-8-15(21-3)9-6-13/h4-10H,11H2,1-3H3. The first-order chi connectivity index (χ1) is 10.0. The zero-order chi connectivity index (χ0) is 15.4. The summed E-state index contributed by atoms with van der Waals surface area (Å²) in [5, 5.41) is 0. The molecule has 0 heterocycles. The Morgan fingerprint density at radius 3 is 2.48 bits per heavy atom. The molecule has 0 aliphatic carbocycles. The highest BCUT2D eigenvalue weighted by Crippen LogP contribution is 2.17. The number of amides is 1. The lowest BCUT2D eigenvalue weighted by atomic mass is 10.1. The van der Waals surface area contributed by atoms with E-state index in [1.807, 2.05) is 37.4 Å². The number of carbonyl (C=O) groups excluding carboxylic acids is 1. The highest BCUT2D eigenvalue weighted by atomic mass is 32.2. The fraction of sp³-hybridized carbons (Fsp3) is 0.235. The van der Waals surface area contributed by atoms with Gasteiger partial charge in [-0.25, -0.2) is 4.39 Å². The number of thioether (sulfide) groups is 1. The predicted molar refractivity (Wildman–Crippen MR) is 85.2 cm³/mol. The topological polar surface area (TPSA) is 20.3 Å². The van der Waals surface area contributed by atoms with Gasteiger partial charge in [0, 0.05) is 24.1 Å². The molecule has 0 aliphatic heterocycles. The molecule has 0 fully saturated rings. The zero-order valence-electron chi connectivity index (χ0n) is 12.4. The van der Waals surface area contributed by atoms with E-state index in [1.165, 1.54) is 17.0 Å². The van der Waals surface area contributed by atoms with Gasteiger partial charge in [0.1, 0.15) is 5.82 Å². The summed E-state index contributed by atoms with van der Waals surface area (Å²) in [6, 6.07) is 12.4. The van der Waals surface area contributed by atoms with Crippen LogP contribution in [0, 0.1) is 12.7 Å². The molecular formula is C17H18FNOS. The van der Waals surface area contributed by atoms with E-state index in [4.69, 9.17) is 0 Å². The van der Waals surface area contributed by atoms with Gasteiger partial charge >= 0.3 is 0 Å². The summed E-state index contributed by atoms with van der Waals surface area (Å²) in [5.74, 6) is -0.553. The first-order valence-corrected chi connectivity index (χ1v) is 7.88. The second kappa shape index (κ2) is 6.76. The van der Waals surface area contributed by atoms with Gasteiger partial charge < -0.3 is 4.90 Å². The fourth-order valence-electron chi connectivity index (χ4n) is 2.11. The van der Waals surface area contributed by atoms with Crippen molar-refractivity contribution >= 4 is 17.7 Å². The first kappa shape index (κ1) is 15.6. The maximum atomic E-state index is 13.3. The van der Waals surface area contributed by atoms with Crippen LogP contribution in [0.25, 0.3) is 0 Å². The molecule has 2 rings (SSSR count). The average Bonchev–Trinajstić information content (AvgIpc) is 2.49. The number of hydrogen-bond acceptors (Lipinski definition) is 2. The van der Waals surface area contributed by atoms with Crippen LogP contribution in [-0.2, 0) is 6.54 Å². The van der Waals surface area contributed by atoms with E-state index in [2.05, 4.69) is 0 Å². The van der Waals surface area contributed by atoms with Gasteiger partial charge in [-0.15, -0.1) is 11.8 Å². The highest BCUT2D eigenvalue weighted by molar-refractivity contribution is 7.98. The maximum Gasteiger partial charge on any atom is 0.254 e. The van der Waals surface area contributed by atoms with E-state index in [9.17, 15) is 9.18 Å². The molecule has 0 spiro atoms. The molecule has 0 bridgehead atoms. The van der Waals surface area contributed by atoms with E-state index in [0.29, 0.717) is 12.1 Å². The minimum absolute atomic E-state index is 0.166. The number of benzene rings is 2. The summed E-state index contributed by atoms with van der Waals surface area (Å²) >= 11 is 1.68. The third-order valence-corrected chi connectivity index (χ3v) is 4.10. The van der Waals surface area contributed by atoms with Crippen LogP contribution in [0.5, 0.6) is 0 Å². The van der Waals surface area contributed by atoms with Crippen LogP contribution >= 0.6 is 11.8 Å². The van der Waals surface area contributed by atoms with Crippen LogP contribution in [0.1, 0.15) is 21.5 Å². The number of hydrogen-bond donors (Lipinski definition) is 0. The zero-order valence-corrected chi connectivity index (χ0v) is 13.2. The molecule has 0 N–H and O–H groups in total. The quantitative estimate of drug-likeness (QED) is 0.792. The van der Waals surface area contributed by atoms with E-state index >= 15 is 0 Å². The third kappa shape index (κ3) is 3.85. The second-order valence-electron chi connectivity index (χ2n) is 4.97. The Morgan fingerprint density at radius 1 is 1.19 bits per heavy atom. The van der Waals surface area contributed by atoms with Crippen LogP contribution in [0.15, 0.2) is 47.4 Å². The van der Waals surface area contributed by atoms with E-state index in [1.54, 1.807) is 29.8 Å². The van der Waals surface area contributed by atoms with E-state index in [0.717, 1.165) is 11.1 Å². The van der Waals surface area contributed by atoms with Gasteiger partial charge in [-0.2, -0.15) is 0 Å². The largest absolute Gasteiger partial charge is 0.337 e. The average molecular weight is 303 g/mol. The van der Waals surface area contributed by atoms with Crippen molar-refractivity contribution in [2.24, 2.45) is 0 Å². The lowest BCUT2D eigenvalue weighted by Crippen LogP contribution is -2.27. The summed E-state index contributed by atoms with van der Waals surface area (Å²) in [5.41, 5.74) is 2.25. The molecule has 1 amide bonds. The molecule has 0 aliphatic rings. The van der Waals surface area contributed by atoms with Crippen molar-refractivity contribution in [1.29, 1.82) is 0 Å². The number of nitrogens with zero attached hydrogens (tertiary/aromatic N) is 1. The molecule has 0 atom stereocenters. The van der Waals surface area contributed by atoms with Gasteiger partial charge in [0.25, 0.3) is 5.91 Å². The van der Waals surface area contributed by atoms with Gasteiger partial charge in [0.05, 0.1) is 0 Å².